The molecule has 1 aliphatic rings. The average molecular weight is 247 g/mol. The van der Waals surface area contributed by atoms with E-state index in [0.29, 0.717) is 12.0 Å². The molecule has 1 aromatic rings. The van der Waals surface area contributed by atoms with Crippen molar-refractivity contribution in [2.45, 2.75) is 45.6 Å². The molecule has 1 heterocycles. The van der Waals surface area contributed by atoms with Gasteiger partial charge in [-0.05, 0) is 38.8 Å². The topological polar surface area (TPSA) is 40.5 Å². The quantitative estimate of drug-likeness (QED) is 0.888. The van der Waals surface area contributed by atoms with E-state index in [1.807, 2.05) is 0 Å². The Morgan fingerprint density at radius 3 is 2.83 bits per heavy atom. The molecule has 0 saturated carbocycles. The van der Waals surface area contributed by atoms with Crippen molar-refractivity contribution >= 4 is 11.7 Å². The number of hydrogen-bond donors (Lipinski definition) is 1. The van der Waals surface area contributed by atoms with E-state index >= 15 is 0 Å². The first kappa shape index (κ1) is 12.9. The minimum atomic E-state index is -0.702. The van der Waals surface area contributed by atoms with Crippen molar-refractivity contribution in [3.63, 3.8) is 0 Å². The molecule has 1 N–H and O–H groups in total. The molecule has 0 radical (unpaired) electrons. The van der Waals surface area contributed by atoms with Crippen LogP contribution in [0.3, 0.4) is 0 Å². The smallest absolute Gasteiger partial charge is 0.303 e. The lowest BCUT2D eigenvalue weighted by molar-refractivity contribution is -0.137. The maximum Gasteiger partial charge on any atom is 0.303 e. The van der Waals surface area contributed by atoms with E-state index in [1.165, 1.54) is 16.8 Å². The molecule has 0 amide bonds. The zero-order chi connectivity index (χ0) is 13.3. The van der Waals surface area contributed by atoms with Gasteiger partial charge >= 0.3 is 5.97 Å². The Bertz CT molecular complexity index is 454. The number of aryl methyl sites for hydroxylation is 1. The summed E-state index contributed by atoms with van der Waals surface area (Å²) >= 11 is 0. The number of benzene rings is 1. The van der Waals surface area contributed by atoms with E-state index < -0.39 is 5.97 Å². The first-order valence-corrected chi connectivity index (χ1v) is 6.58. The van der Waals surface area contributed by atoms with E-state index in [0.717, 1.165) is 13.0 Å². The standard InChI is InChI=1S/C15H21NO2/c1-10(2)16-9-12(5-7-15(17)18)13-8-11(3)4-6-14(13)16/h4,6,8,10,12H,5,7,9H2,1-3H3,(H,17,18). The lowest BCUT2D eigenvalue weighted by Crippen LogP contribution is -2.29. The molecule has 1 atom stereocenters. The van der Waals surface area contributed by atoms with Gasteiger partial charge in [-0.2, -0.15) is 0 Å². The minimum Gasteiger partial charge on any atom is -0.481 e. The lowest BCUT2D eigenvalue weighted by atomic mass is 9.95. The molecule has 1 unspecified atom stereocenters. The molecule has 0 aromatic heterocycles. The number of anilines is 1. The number of hydrogen-bond acceptors (Lipinski definition) is 2. The molecule has 98 valence electrons. The fourth-order valence-electron chi connectivity index (χ4n) is 2.73. The van der Waals surface area contributed by atoms with Gasteiger partial charge < -0.3 is 10.0 Å². The highest BCUT2D eigenvalue weighted by Crippen LogP contribution is 2.40. The van der Waals surface area contributed by atoms with Gasteiger partial charge in [0.2, 0.25) is 0 Å². The predicted molar refractivity (Wildman–Crippen MR) is 73.3 cm³/mol. The Morgan fingerprint density at radius 1 is 1.50 bits per heavy atom. The largest absolute Gasteiger partial charge is 0.481 e. The first-order chi connectivity index (χ1) is 8.49. The van der Waals surface area contributed by atoms with Crippen LogP contribution in [0, 0.1) is 6.92 Å². The van der Waals surface area contributed by atoms with Crippen LogP contribution in [0.5, 0.6) is 0 Å². The van der Waals surface area contributed by atoms with Crippen LogP contribution in [0.1, 0.15) is 43.7 Å². The van der Waals surface area contributed by atoms with Crippen molar-refractivity contribution in [3.05, 3.63) is 29.3 Å². The van der Waals surface area contributed by atoms with Crippen LogP contribution in [0.4, 0.5) is 5.69 Å². The Hall–Kier alpha value is -1.51. The van der Waals surface area contributed by atoms with Crippen LogP contribution in [-0.2, 0) is 4.79 Å². The SMILES string of the molecule is Cc1ccc2c(c1)C(CCC(=O)O)CN2C(C)C. The van der Waals surface area contributed by atoms with E-state index in [4.69, 9.17) is 5.11 Å². The molecule has 1 aliphatic heterocycles. The maximum atomic E-state index is 10.7. The molecule has 1 aromatic carbocycles. The van der Waals surface area contributed by atoms with E-state index in [-0.39, 0.29) is 6.42 Å². The van der Waals surface area contributed by atoms with Crippen LogP contribution >= 0.6 is 0 Å². The summed E-state index contributed by atoms with van der Waals surface area (Å²) in [4.78, 5) is 13.1. The minimum absolute atomic E-state index is 0.254. The molecular formula is C15H21NO2. The number of carboxylic acids is 1. The van der Waals surface area contributed by atoms with Crippen molar-refractivity contribution in [1.82, 2.24) is 0 Å². The summed E-state index contributed by atoms with van der Waals surface area (Å²) in [5.41, 5.74) is 3.86. The molecule has 3 nitrogen and oxygen atoms in total. The third kappa shape index (κ3) is 2.50. The molecule has 2 rings (SSSR count). The van der Waals surface area contributed by atoms with Crippen LogP contribution < -0.4 is 4.90 Å². The van der Waals surface area contributed by atoms with Crippen molar-refractivity contribution < 1.29 is 9.90 Å². The number of carboxylic acid groups (broad SMARTS) is 1. The summed E-state index contributed by atoms with van der Waals surface area (Å²) in [6, 6.07) is 6.98. The van der Waals surface area contributed by atoms with Crippen molar-refractivity contribution in [2.24, 2.45) is 0 Å². The van der Waals surface area contributed by atoms with Gasteiger partial charge in [0.15, 0.2) is 0 Å². The summed E-state index contributed by atoms with van der Waals surface area (Å²) < 4.78 is 0. The van der Waals surface area contributed by atoms with Gasteiger partial charge in [-0.15, -0.1) is 0 Å². The van der Waals surface area contributed by atoms with E-state index in [2.05, 4.69) is 43.9 Å². The monoisotopic (exact) mass is 247 g/mol. The Kier molecular flexibility index (Phi) is 3.60. The van der Waals surface area contributed by atoms with Gasteiger partial charge in [0.05, 0.1) is 0 Å². The highest BCUT2D eigenvalue weighted by Gasteiger charge is 2.29. The van der Waals surface area contributed by atoms with E-state index in [1.54, 1.807) is 0 Å². The Morgan fingerprint density at radius 2 is 2.22 bits per heavy atom. The van der Waals surface area contributed by atoms with Gasteiger partial charge in [0.25, 0.3) is 0 Å². The van der Waals surface area contributed by atoms with Crippen molar-refractivity contribution in [1.29, 1.82) is 0 Å². The zero-order valence-electron chi connectivity index (χ0n) is 11.3. The van der Waals surface area contributed by atoms with Crippen LogP contribution in [0.15, 0.2) is 18.2 Å². The molecule has 18 heavy (non-hydrogen) atoms. The zero-order valence-corrected chi connectivity index (χ0v) is 11.3. The summed E-state index contributed by atoms with van der Waals surface area (Å²) in [7, 11) is 0. The van der Waals surface area contributed by atoms with Gasteiger partial charge in [0, 0.05) is 30.6 Å². The highest BCUT2D eigenvalue weighted by atomic mass is 16.4. The van der Waals surface area contributed by atoms with Crippen LogP contribution in [0.25, 0.3) is 0 Å². The summed E-state index contributed by atoms with van der Waals surface area (Å²) in [6.45, 7) is 7.41. The Balaban J connectivity index is 2.26. The van der Waals surface area contributed by atoms with Gasteiger partial charge in [-0.1, -0.05) is 17.7 Å². The van der Waals surface area contributed by atoms with Crippen LogP contribution in [-0.4, -0.2) is 23.7 Å². The van der Waals surface area contributed by atoms with Gasteiger partial charge in [0.1, 0.15) is 0 Å². The number of rotatable bonds is 4. The average Bonchev–Trinajstić information content (AvgIpc) is 2.64. The van der Waals surface area contributed by atoms with Gasteiger partial charge in [-0.25, -0.2) is 0 Å². The molecular weight excluding hydrogens is 226 g/mol. The second-order valence-corrected chi connectivity index (χ2v) is 5.44. The second kappa shape index (κ2) is 5.01. The summed E-state index contributed by atoms with van der Waals surface area (Å²) in [5, 5.41) is 8.84. The highest BCUT2D eigenvalue weighted by molar-refractivity contribution is 5.67. The van der Waals surface area contributed by atoms with Gasteiger partial charge in [-0.3, -0.25) is 4.79 Å². The number of fused-ring (bicyclic) bond motifs is 1. The molecule has 3 heteroatoms. The van der Waals surface area contributed by atoms with Crippen LogP contribution in [0.2, 0.25) is 0 Å². The van der Waals surface area contributed by atoms with E-state index in [9.17, 15) is 4.79 Å². The normalized spacial score (nSPS) is 18.2. The predicted octanol–water partition coefficient (Wildman–Crippen LogP) is 3.17. The number of aliphatic carboxylic acids is 1. The Labute approximate surface area is 108 Å². The molecule has 0 saturated heterocycles. The molecule has 0 spiro atoms. The summed E-state index contributed by atoms with van der Waals surface area (Å²) in [6.07, 6.45) is 0.985. The fraction of sp³-hybridized carbons (Fsp3) is 0.533. The van der Waals surface area contributed by atoms with Crippen molar-refractivity contribution in [2.75, 3.05) is 11.4 Å². The molecule has 0 fully saturated rings. The summed E-state index contributed by atoms with van der Waals surface area (Å²) in [5.74, 6) is -0.342. The van der Waals surface area contributed by atoms with Crippen molar-refractivity contribution in [3.8, 4) is 0 Å². The number of carbonyl (C=O) groups is 1. The lowest BCUT2D eigenvalue weighted by Gasteiger charge is -2.24. The first-order valence-electron chi connectivity index (χ1n) is 6.58. The molecule has 0 aliphatic carbocycles. The second-order valence-electron chi connectivity index (χ2n) is 5.44. The maximum absolute atomic E-state index is 10.7. The number of nitrogens with zero attached hydrogens (tertiary/aromatic N) is 1. The fourth-order valence-corrected chi connectivity index (χ4v) is 2.73. The molecule has 0 bridgehead atoms. The third-order valence-corrected chi connectivity index (χ3v) is 3.68. The third-order valence-electron chi connectivity index (χ3n) is 3.68.